The maximum Gasteiger partial charge on any atom is 0.338 e. The number of aliphatic hydroxyl groups excluding tert-OH is 1. The Labute approximate surface area is 129 Å². The number of carboxylic acid groups (broad SMARTS) is 2. The summed E-state index contributed by atoms with van der Waals surface area (Å²) in [5.74, 6) is -4.32. The summed E-state index contributed by atoms with van der Waals surface area (Å²) in [7, 11) is 0. The molecule has 23 heavy (non-hydrogen) atoms. The largest absolute Gasteiger partial charge is 0.478 e. The first kappa shape index (κ1) is 16.2. The fraction of sp³-hybridized carbons (Fsp3) is 0.143. The van der Waals surface area contributed by atoms with Crippen LogP contribution < -0.4 is 5.32 Å². The van der Waals surface area contributed by atoms with Crippen molar-refractivity contribution in [1.82, 2.24) is 4.90 Å². The van der Waals surface area contributed by atoms with E-state index in [0.717, 1.165) is 17.0 Å². The molecule has 9 nitrogen and oxygen atoms in total. The SMILES string of the molecule is O=C(O)c1cccc(NC2=CC(=O)N(CCO)C2=O)c1C(=O)O. The van der Waals surface area contributed by atoms with E-state index in [0.29, 0.717) is 0 Å². The average Bonchev–Trinajstić information content (AvgIpc) is 2.74. The molecule has 2 rings (SSSR count). The molecule has 0 saturated heterocycles. The molecule has 9 heteroatoms. The van der Waals surface area contributed by atoms with E-state index < -0.39 is 41.5 Å². The minimum atomic E-state index is -1.49. The van der Waals surface area contributed by atoms with Crippen molar-refractivity contribution in [2.45, 2.75) is 0 Å². The lowest BCUT2D eigenvalue weighted by atomic mass is 10.1. The number of hydrogen-bond donors (Lipinski definition) is 4. The summed E-state index contributed by atoms with van der Waals surface area (Å²) in [5.41, 5.74) is -1.31. The second kappa shape index (κ2) is 6.28. The minimum Gasteiger partial charge on any atom is -0.478 e. The molecule has 0 atom stereocenters. The molecule has 4 N–H and O–H groups in total. The predicted molar refractivity (Wildman–Crippen MR) is 75.9 cm³/mol. The van der Waals surface area contributed by atoms with E-state index in [1.807, 2.05) is 0 Å². The molecule has 2 amide bonds. The molecule has 0 spiro atoms. The third kappa shape index (κ3) is 3.04. The van der Waals surface area contributed by atoms with Crippen molar-refractivity contribution in [2.24, 2.45) is 0 Å². The van der Waals surface area contributed by atoms with Crippen LogP contribution in [0.4, 0.5) is 5.69 Å². The van der Waals surface area contributed by atoms with Crippen LogP contribution in [0.2, 0.25) is 0 Å². The molecule has 1 aromatic rings. The second-order valence-electron chi connectivity index (χ2n) is 4.54. The lowest BCUT2D eigenvalue weighted by Crippen LogP contribution is -2.34. The third-order valence-corrected chi connectivity index (χ3v) is 3.11. The van der Waals surface area contributed by atoms with Crippen LogP contribution in [0.25, 0.3) is 0 Å². The first-order valence-corrected chi connectivity index (χ1v) is 6.41. The molecule has 1 aromatic carbocycles. The molecule has 0 saturated carbocycles. The Morgan fingerprint density at radius 2 is 1.83 bits per heavy atom. The number of rotatable bonds is 6. The number of amides is 2. The van der Waals surface area contributed by atoms with E-state index in [4.69, 9.17) is 10.2 Å². The zero-order valence-electron chi connectivity index (χ0n) is 11.6. The van der Waals surface area contributed by atoms with Crippen LogP contribution in [0.15, 0.2) is 30.0 Å². The van der Waals surface area contributed by atoms with Gasteiger partial charge in [0.25, 0.3) is 11.8 Å². The van der Waals surface area contributed by atoms with Gasteiger partial charge in [0, 0.05) is 6.08 Å². The van der Waals surface area contributed by atoms with E-state index in [-0.39, 0.29) is 17.9 Å². The number of aromatic carboxylic acids is 2. The number of imide groups is 1. The number of nitrogens with one attached hydrogen (secondary N) is 1. The van der Waals surface area contributed by atoms with Crippen LogP contribution in [0.1, 0.15) is 20.7 Å². The molecular formula is C14H12N2O7. The molecule has 120 valence electrons. The highest BCUT2D eigenvalue weighted by Gasteiger charge is 2.31. The van der Waals surface area contributed by atoms with Gasteiger partial charge in [0.2, 0.25) is 0 Å². The molecule has 0 aromatic heterocycles. The number of carbonyl (C=O) groups excluding carboxylic acids is 2. The zero-order chi connectivity index (χ0) is 17.1. The molecule has 0 aliphatic carbocycles. The Bertz CT molecular complexity index is 739. The summed E-state index contributed by atoms with van der Waals surface area (Å²) in [6.45, 7) is -0.603. The Kier molecular flexibility index (Phi) is 4.42. The normalized spacial score (nSPS) is 14.0. The number of hydrogen-bond acceptors (Lipinski definition) is 6. The predicted octanol–water partition coefficient (Wildman–Crippen LogP) is -0.260. The average molecular weight is 320 g/mol. The fourth-order valence-corrected chi connectivity index (χ4v) is 2.12. The van der Waals surface area contributed by atoms with Crippen molar-refractivity contribution >= 4 is 29.4 Å². The van der Waals surface area contributed by atoms with Gasteiger partial charge in [0.15, 0.2) is 0 Å². The number of anilines is 1. The van der Waals surface area contributed by atoms with E-state index in [9.17, 15) is 24.3 Å². The van der Waals surface area contributed by atoms with Crippen LogP contribution >= 0.6 is 0 Å². The van der Waals surface area contributed by atoms with E-state index >= 15 is 0 Å². The molecule has 1 aliphatic rings. The highest BCUT2D eigenvalue weighted by Crippen LogP contribution is 2.24. The smallest absolute Gasteiger partial charge is 0.338 e. The van der Waals surface area contributed by atoms with Gasteiger partial charge < -0.3 is 20.6 Å². The fourth-order valence-electron chi connectivity index (χ4n) is 2.12. The van der Waals surface area contributed by atoms with Crippen molar-refractivity contribution in [3.05, 3.63) is 41.1 Å². The highest BCUT2D eigenvalue weighted by molar-refractivity contribution is 6.18. The number of β-amino-alcohol motifs (C(OH)–C–C–N with tert-alkyl or cyclic N) is 1. The second-order valence-corrected chi connectivity index (χ2v) is 4.54. The highest BCUT2D eigenvalue weighted by atomic mass is 16.4. The summed E-state index contributed by atoms with van der Waals surface area (Å²) in [6.07, 6.45) is 0.955. The molecule has 0 radical (unpaired) electrons. The monoisotopic (exact) mass is 320 g/mol. The Morgan fingerprint density at radius 3 is 2.39 bits per heavy atom. The maximum absolute atomic E-state index is 12.0. The molecule has 1 heterocycles. The lowest BCUT2D eigenvalue weighted by molar-refractivity contribution is -0.137. The quantitative estimate of drug-likeness (QED) is 0.525. The number of carboxylic acids is 2. The Balaban J connectivity index is 2.38. The van der Waals surface area contributed by atoms with Crippen molar-refractivity contribution in [1.29, 1.82) is 0 Å². The van der Waals surface area contributed by atoms with Crippen molar-refractivity contribution in [2.75, 3.05) is 18.5 Å². The zero-order valence-corrected chi connectivity index (χ0v) is 11.6. The topological polar surface area (TPSA) is 144 Å². The summed E-state index contributed by atoms with van der Waals surface area (Å²) in [5, 5.41) is 29.5. The van der Waals surface area contributed by atoms with Crippen molar-refractivity contribution in [3.8, 4) is 0 Å². The first-order valence-electron chi connectivity index (χ1n) is 6.41. The number of nitrogens with zero attached hydrogens (tertiary/aromatic N) is 1. The van der Waals surface area contributed by atoms with Crippen LogP contribution in [0.5, 0.6) is 0 Å². The van der Waals surface area contributed by atoms with E-state index in [1.54, 1.807) is 0 Å². The molecule has 0 unspecified atom stereocenters. The van der Waals surface area contributed by atoms with Crippen LogP contribution in [-0.4, -0.2) is 57.1 Å². The van der Waals surface area contributed by atoms with Crippen molar-refractivity contribution < 1.29 is 34.5 Å². The number of carbonyl (C=O) groups is 4. The van der Waals surface area contributed by atoms with E-state index in [2.05, 4.69) is 5.32 Å². The summed E-state index contributed by atoms with van der Waals surface area (Å²) >= 11 is 0. The van der Waals surface area contributed by atoms with Gasteiger partial charge in [0.05, 0.1) is 30.0 Å². The number of aliphatic hydroxyl groups is 1. The third-order valence-electron chi connectivity index (χ3n) is 3.11. The van der Waals surface area contributed by atoms with E-state index in [1.165, 1.54) is 12.1 Å². The molecular weight excluding hydrogens is 308 g/mol. The van der Waals surface area contributed by atoms with Crippen molar-refractivity contribution in [3.63, 3.8) is 0 Å². The summed E-state index contributed by atoms with van der Waals surface area (Å²) in [4.78, 5) is 46.8. The molecule has 0 bridgehead atoms. The minimum absolute atomic E-state index is 0.129. The summed E-state index contributed by atoms with van der Waals surface area (Å²) in [6, 6.07) is 3.71. The van der Waals surface area contributed by atoms with Gasteiger partial charge >= 0.3 is 11.9 Å². The van der Waals surface area contributed by atoms with Gasteiger partial charge in [-0.05, 0) is 12.1 Å². The Hall–Kier alpha value is -3.20. The van der Waals surface area contributed by atoms with Gasteiger partial charge in [-0.25, -0.2) is 9.59 Å². The molecule has 1 aliphatic heterocycles. The van der Waals surface area contributed by atoms with Crippen LogP contribution in [0.3, 0.4) is 0 Å². The van der Waals surface area contributed by atoms with Gasteiger partial charge in [0.1, 0.15) is 5.70 Å². The van der Waals surface area contributed by atoms with Crippen LogP contribution in [0, 0.1) is 0 Å². The Morgan fingerprint density at radius 1 is 1.13 bits per heavy atom. The molecule has 0 fully saturated rings. The first-order chi connectivity index (χ1) is 10.9. The van der Waals surface area contributed by atoms with Gasteiger partial charge in [-0.2, -0.15) is 0 Å². The summed E-state index contributed by atoms with van der Waals surface area (Å²) < 4.78 is 0. The van der Waals surface area contributed by atoms with Crippen LogP contribution in [-0.2, 0) is 9.59 Å². The standard InChI is InChI=1S/C14H12N2O7/c17-5-4-16-10(18)6-9(12(16)19)15-8-3-1-2-7(13(20)21)11(8)14(22)23/h1-3,6,15,17H,4-5H2,(H,20,21)(H,22,23). The van der Waals surface area contributed by atoms with Gasteiger partial charge in [-0.15, -0.1) is 0 Å². The lowest BCUT2D eigenvalue weighted by Gasteiger charge is -2.14. The van der Waals surface area contributed by atoms with Gasteiger partial charge in [-0.3, -0.25) is 14.5 Å². The number of benzene rings is 1. The maximum atomic E-state index is 12.0. The van der Waals surface area contributed by atoms with Gasteiger partial charge in [-0.1, -0.05) is 6.07 Å².